The van der Waals surface area contributed by atoms with Gasteiger partial charge in [-0.15, -0.1) is 0 Å². The minimum atomic E-state index is -0.934. The molecule has 2 rings (SSSR count). The number of rotatable bonds is 1. The van der Waals surface area contributed by atoms with E-state index in [1.807, 2.05) is 13.0 Å². The summed E-state index contributed by atoms with van der Waals surface area (Å²) >= 11 is 0. The van der Waals surface area contributed by atoms with E-state index in [1.54, 1.807) is 6.07 Å². The zero-order chi connectivity index (χ0) is 11.0. The van der Waals surface area contributed by atoms with Gasteiger partial charge in [0.05, 0.1) is 5.69 Å². The molecule has 0 radical (unpaired) electrons. The van der Waals surface area contributed by atoms with Gasteiger partial charge in [-0.3, -0.25) is 0 Å². The summed E-state index contributed by atoms with van der Waals surface area (Å²) in [7, 11) is 0. The molecule has 1 aromatic rings. The van der Waals surface area contributed by atoms with Crippen LogP contribution in [0.3, 0.4) is 0 Å². The van der Waals surface area contributed by atoms with E-state index in [4.69, 9.17) is 5.11 Å². The summed E-state index contributed by atoms with van der Waals surface area (Å²) < 4.78 is 13.4. The highest BCUT2D eigenvalue weighted by atomic mass is 19.1. The van der Waals surface area contributed by atoms with Crippen LogP contribution in [-0.2, 0) is 11.2 Å². The van der Waals surface area contributed by atoms with Crippen molar-refractivity contribution in [3.05, 3.63) is 29.6 Å². The molecule has 2 atom stereocenters. The molecule has 15 heavy (non-hydrogen) atoms. The Morgan fingerprint density at radius 2 is 2.33 bits per heavy atom. The predicted octanol–water partition coefficient (Wildman–Crippen LogP) is 1.88. The smallest absolute Gasteiger partial charge is 0.326 e. The van der Waals surface area contributed by atoms with E-state index in [9.17, 15) is 9.18 Å². The van der Waals surface area contributed by atoms with Gasteiger partial charge in [0.15, 0.2) is 0 Å². The number of nitrogens with one attached hydrogen (secondary N) is 1. The van der Waals surface area contributed by atoms with Crippen molar-refractivity contribution in [1.29, 1.82) is 0 Å². The van der Waals surface area contributed by atoms with Crippen LogP contribution in [-0.4, -0.2) is 17.1 Å². The van der Waals surface area contributed by atoms with Crippen LogP contribution in [0, 0.1) is 11.7 Å². The van der Waals surface area contributed by atoms with Gasteiger partial charge in [-0.1, -0.05) is 19.1 Å². The van der Waals surface area contributed by atoms with Crippen molar-refractivity contribution in [1.82, 2.24) is 0 Å². The average Bonchev–Trinajstić information content (AvgIpc) is 2.16. The Hall–Kier alpha value is -1.58. The van der Waals surface area contributed by atoms with Gasteiger partial charge in [-0.2, -0.15) is 0 Å². The second-order valence-corrected chi connectivity index (χ2v) is 3.92. The summed E-state index contributed by atoms with van der Waals surface area (Å²) in [5.74, 6) is -1.35. The van der Waals surface area contributed by atoms with Crippen molar-refractivity contribution in [3.63, 3.8) is 0 Å². The number of halogens is 1. The summed E-state index contributed by atoms with van der Waals surface area (Å²) in [5, 5.41) is 11.7. The van der Waals surface area contributed by atoms with E-state index in [0.29, 0.717) is 12.1 Å². The lowest BCUT2D eigenvalue weighted by molar-refractivity contribution is -0.139. The molecule has 0 aliphatic carbocycles. The van der Waals surface area contributed by atoms with Crippen molar-refractivity contribution in [3.8, 4) is 0 Å². The van der Waals surface area contributed by atoms with Crippen molar-refractivity contribution < 1.29 is 14.3 Å². The van der Waals surface area contributed by atoms with Crippen molar-refractivity contribution in [2.75, 3.05) is 5.32 Å². The SMILES string of the molecule is CC1Cc2cccc(F)c2NC1C(=O)O. The van der Waals surface area contributed by atoms with Gasteiger partial charge in [-0.25, -0.2) is 9.18 Å². The highest BCUT2D eigenvalue weighted by molar-refractivity contribution is 5.79. The van der Waals surface area contributed by atoms with Gasteiger partial charge in [0, 0.05) is 0 Å². The molecule has 0 bridgehead atoms. The number of carbonyl (C=O) groups is 1. The van der Waals surface area contributed by atoms with Crippen LogP contribution < -0.4 is 5.32 Å². The highest BCUT2D eigenvalue weighted by Crippen LogP contribution is 2.30. The second-order valence-electron chi connectivity index (χ2n) is 3.92. The topological polar surface area (TPSA) is 49.3 Å². The molecule has 0 saturated heterocycles. The molecular formula is C11H12FNO2. The van der Waals surface area contributed by atoms with Gasteiger partial charge >= 0.3 is 5.97 Å². The van der Waals surface area contributed by atoms with Gasteiger partial charge in [0.2, 0.25) is 0 Å². The molecule has 2 N–H and O–H groups in total. The number of carboxylic acid groups (broad SMARTS) is 1. The quantitative estimate of drug-likeness (QED) is 0.742. The normalized spacial score (nSPS) is 24.1. The molecule has 0 spiro atoms. The molecule has 4 heteroatoms. The standard InChI is InChI=1S/C11H12FNO2/c1-6-5-7-3-2-4-8(12)10(7)13-9(6)11(14)15/h2-4,6,9,13H,5H2,1H3,(H,14,15). The molecule has 0 amide bonds. The first kappa shape index (κ1) is 9.96. The third-order valence-corrected chi connectivity index (χ3v) is 2.78. The Balaban J connectivity index is 2.39. The highest BCUT2D eigenvalue weighted by Gasteiger charge is 2.31. The molecule has 1 heterocycles. The zero-order valence-corrected chi connectivity index (χ0v) is 8.33. The maximum Gasteiger partial charge on any atom is 0.326 e. The number of fused-ring (bicyclic) bond motifs is 1. The number of anilines is 1. The summed E-state index contributed by atoms with van der Waals surface area (Å²) in [6.45, 7) is 1.85. The minimum Gasteiger partial charge on any atom is -0.480 e. The molecule has 0 aromatic heterocycles. The Kier molecular flexibility index (Phi) is 2.34. The fraction of sp³-hybridized carbons (Fsp3) is 0.364. The maximum atomic E-state index is 13.4. The number of hydrogen-bond acceptors (Lipinski definition) is 2. The van der Waals surface area contributed by atoms with Gasteiger partial charge in [-0.05, 0) is 24.0 Å². The number of para-hydroxylation sites is 1. The van der Waals surface area contributed by atoms with E-state index in [2.05, 4.69) is 5.32 Å². The first-order valence-corrected chi connectivity index (χ1v) is 4.86. The summed E-state index contributed by atoms with van der Waals surface area (Å²) in [5.41, 5.74) is 1.18. The lowest BCUT2D eigenvalue weighted by atomic mass is 9.88. The first-order chi connectivity index (χ1) is 7.09. The van der Waals surface area contributed by atoms with E-state index in [-0.39, 0.29) is 11.7 Å². The number of carboxylic acids is 1. The number of hydrogen-bond donors (Lipinski definition) is 2. The van der Waals surface area contributed by atoms with Crippen molar-refractivity contribution >= 4 is 11.7 Å². The lowest BCUT2D eigenvalue weighted by Gasteiger charge is -2.29. The fourth-order valence-corrected chi connectivity index (χ4v) is 1.97. The van der Waals surface area contributed by atoms with Gasteiger partial charge < -0.3 is 10.4 Å². The fourth-order valence-electron chi connectivity index (χ4n) is 1.97. The molecule has 2 unspecified atom stereocenters. The van der Waals surface area contributed by atoms with Crippen LogP contribution in [0.25, 0.3) is 0 Å². The van der Waals surface area contributed by atoms with E-state index >= 15 is 0 Å². The van der Waals surface area contributed by atoms with Gasteiger partial charge in [0.25, 0.3) is 0 Å². The minimum absolute atomic E-state index is 0.0307. The van der Waals surface area contributed by atoms with Crippen molar-refractivity contribution in [2.24, 2.45) is 5.92 Å². The molecule has 0 saturated carbocycles. The van der Waals surface area contributed by atoms with Crippen LogP contribution >= 0.6 is 0 Å². The number of aliphatic carboxylic acids is 1. The molecule has 0 fully saturated rings. The third kappa shape index (κ3) is 1.67. The first-order valence-electron chi connectivity index (χ1n) is 4.86. The van der Waals surface area contributed by atoms with Crippen LogP contribution in [0.15, 0.2) is 18.2 Å². The molecule has 80 valence electrons. The van der Waals surface area contributed by atoms with Crippen LogP contribution in [0.4, 0.5) is 10.1 Å². The molecule has 1 aromatic carbocycles. The zero-order valence-electron chi connectivity index (χ0n) is 8.33. The van der Waals surface area contributed by atoms with Crippen molar-refractivity contribution in [2.45, 2.75) is 19.4 Å². The summed E-state index contributed by atoms with van der Waals surface area (Å²) in [6, 6.07) is 4.10. The molecule has 1 aliphatic heterocycles. The monoisotopic (exact) mass is 209 g/mol. The largest absolute Gasteiger partial charge is 0.480 e. The Bertz CT molecular complexity index is 406. The molecular weight excluding hydrogens is 197 g/mol. The van der Waals surface area contributed by atoms with E-state index < -0.39 is 12.0 Å². The second kappa shape index (κ2) is 3.53. The molecule has 3 nitrogen and oxygen atoms in total. The summed E-state index contributed by atoms with van der Waals surface area (Å²) in [6.07, 6.45) is 0.594. The maximum absolute atomic E-state index is 13.4. The van der Waals surface area contributed by atoms with Crippen LogP contribution in [0.2, 0.25) is 0 Å². The Morgan fingerprint density at radius 3 is 3.00 bits per heavy atom. The third-order valence-electron chi connectivity index (χ3n) is 2.78. The Morgan fingerprint density at radius 1 is 1.60 bits per heavy atom. The Labute approximate surface area is 86.9 Å². The molecule has 1 aliphatic rings. The number of benzene rings is 1. The lowest BCUT2D eigenvalue weighted by Crippen LogP contribution is -2.40. The van der Waals surface area contributed by atoms with E-state index in [1.165, 1.54) is 6.07 Å². The van der Waals surface area contributed by atoms with Crippen LogP contribution in [0.1, 0.15) is 12.5 Å². The van der Waals surface area contributed by atoms with E-state index in [0.717, 1.165) is 5.56 Å². The predicted molar refractivity (Wildman–Crippen MR) is 54.3 cm³/mol. The van der Waals surface area contributed by atoms with Crippen LogP contribution in [0.5, 0.6) is 0 Å². The average molecular weight is 209 g/mol. The van der Waals surface area contributed by atoms with Gasteiger partial charge in [0.1, 0.15) is 11.9 Å². The summed E-state index contributed by atoms with van der Waals surface area (Å²) in [4.78, 5) is 10.9.